The fraction of sp³-hybridized carbons (Fsp3) is 0.150. The Bertz CT molecular complexity index is 1040. The molecule has 0 spiro atoms. The number of hydrogen-bond donors (Lipinski definition) is 1. The number of para-hydroxylation sites is 2. The van der Waals surface area contributed by atoms with E-state index in [0.717, 1.165) is 22.4 Å². The fourth-order valence-electron chi connectivity index (χ4n) is 2.98. The minimum Gasteiger partial charge on any atom is -0.350 e. The number of fused-ring (bicyclic) bond motifs is 1. The standard InChI is InChI=1S/C20H19N5O/c1-15(24-11-4-5-12-24)20(26)22-13-16-7-6-10-21-19(16)25-14-23-17-8-2-3-9-18(17)25/h2-12,14-15H,13H2,1H3,(H,22,26). The van der Waals surface area contributed by atoms with Crippen LogP contribution < -0.4 is 5.32 Å². The summed E-state index contributed by atoms with van der Waals surface area (Å²) in [4.78, 5) is 21.4. The van der Waals surface area contributed by atoms with Crippen molar-refractivity contribution in [3.05, 3.63) is 79.0 Å². The summed E-state index contributed by atoms with van der Waals surface area (Å²) in [6.07, 6.45) is 7.29. The average molecular weight is 345 g/mol. The Balaban J connectivity index is 1.58. The Morgan fingerprint density at radius 2 is 1.88 bits per heavy atom. The highest BCUT2D eigenvalue weighted by atomic mass is 16.2. The van der Waals surface area contributed by atoms with Gasteiger partial charge in [0.15, 0.2) is 0 Å². The van der Waals surface area contributed by atoms with Gasteiger partial charge in [-0.1, -0.05) is 18.2 Å². The molecule has 4 aromatic rings. The molecule has 3 aromatic heterocycles. The molecular weight excluding hydrogens is 326 g/mol. The molecule has 0 saturated heterocycles. The van der Waals surface area contributed by atoms with E-state index in [1.807, 2.05) is 77.0 Å². The van der Waals surface area contributed by atoms with Crippen LogP contribution in [-0.4, -0.2) is 25.0 Å². The average Bonchev–Trinajstić information content (AvgIpc) is 3.35. The maximum absolute atomic E-state index is 12.5. The van der Waals surface area contributed by atoms with Crippen molar-refractivity contribution in [2.75, 3.05) is 0 Å². The van der Waals surface area contributed by atoms with Crippen LogP contribution in [0.3, 0.4) is 0 Å². The van der Waals surface area contributed by atoms with Crippen LogP contribution >= 0.6 is 0 Å². The first kappa shape index (κ1) is 16.1. The van der Waals surface area contributed by atoms with Crippen LogP contribution in [-0.2, 0) is 11.3 Å². The first-order valence-corrected chi connectivity index (χ1v) is 8.50. The third kappa shape index (κ3) is 2.97. The summed E-state index contributed by atoms with van der Waals surface area (Å²) in [5.74, 6) is 0.738. The predicted octanol–water partition coefficient (Wildman–Crippen LogP) is 3.10. The zero-order valence-electron chi connectivity index (χ0n) is 14.4. The van der Waals surface area contributed by atoms with Gasteiger partial charge in [0.25, 0.3) is 0 Å². The van der Waals surface area contributed by atoms with Crippen molar-refractivity contribution in [3.8, 4) is 5.82 Å². The summed E-state index contributed by atoms with van der Waals surface area (Å²) < 4.78 is 3.83. The second kappa shape index (κ2) is 6.84. The van der Waals surface area contributed by atoms with E-state index < -0.39 is 0 Å². The van der Waals surface area contributed by atoms with Crippen LogP contribution in [0.2, 0.25) is 0 Å². The van der Waals surface area contributed by atoms with Gasteiger partial charge in [-0.15, -0.1) is 0 Å². The lowest BCUT2D eigenvalue weighted by atomic mass is 10.2. The van der Waals surface area contributed by atoms with Gasteiger partial charge in [0, 0.05) is 30.7 Å². The number of benzene rings is 1. The number of carbonyl (C=O) groups excluding carboxylic acids is 1. The summed E-state index contributed by atoms with van der Waals surface area (Å²) in [6, 6.07) is 15.3. The lowest BCUT2D eigenvalue weighted by Gasteiger charge is -2.15. The maximum Gasteiger partial charge on any atom is 0.243 e. The highest BCUT2D eigenvalue weighted by molar-refractivity contribution is 5.80. The van der Waals surface area contributed by atoms with Crippen LogP contribution in [0.25, 0.3) is 16.9 Å². The van der Waals surface area contributed by atoms with Crippen molar-refractivity contribution in [2.24, 2.45) is 0 Å². The van der Waals surface area contributed by atoms with E-state index in [4.69, 9.17) is 0 Å². The Kier molecular flexibility index (Phi) is 4.23. The second-order valence-electron chi connectivity index (χ2n) is 6.11. The molecule has 0 bridgehead atoms. The molecule has 0 radical (unpaired) electrons. The number of aromatic nitrogens is 4. The van der Waals surface area contributed by atoms with Crippen LogP contribution in [0.1, 0.15) is 18.5 Å². The molecule has 1 atom stereocenters. The number of imidazole rings is 1. The van der Waals surface area contributed by atoms with Crippen LogP contribution in [0, 0.1) is 0 Å². The molecule has 0 aliphatic carbocycles. The van der Waals surface area contributed by atoms with Crippen LogP contribution in [0.4, 0.5) is 0 Å². The SMILES string of the molecule is CC(C(=O)NCc1cccnc1-n1cnc2ccccc21)n1cccc1. The largest absolute Gasteiger partial charge is 0.350 e. The Hall–Kier alpha value is -3.41. The number of pyridine rings is 1. The number of carbonyl (C=O) groups is 1. The number of nitrogens with one attached hydrogen (secondary N) is 1. The molecule has 6 heteroatoms. The highest BCUT2D eigenvalue weighted by Crippen LogP contribution is 2.19. The van der Waals surface area contributed by atoms with E-state index in [2.05, 4.69) is 15.3 Å². The van der Waals surface area contributed by atoms with Gasteiger partial charge in [-0.2, -0.15) is 0 Å². The molecule has 4 rings (SSSR count). The summed E-state index contributed by atoms with van der Waals surface area (Å²) in [6.45, 7) is 2.28. The quantitative estimate of drug-likeness (QED) is 0.604. The fourth-order valence-corrected chi connectivity index (χ4v) is 2.98. The van der Waals surface area contributed by atoms with Crippen LogP contribution in [0.15, 0.2) is 73.4 Å². The molecule has 0 aliphatic heterocycles. The Morgan fingerprint density at radius 1 is 1.08 bits per heavy atom. The molecule has 1 N–H and O–H groups in total. The molecule has 1 aromatic carbocycles. The Morgan fingerprint density at radius 3 is 2.73 bits per heavy atom. The van der Waals surface area contributed by atoms with Crippen molar-refractivity contribution in [2.45, 2.75) is 19.5 Å². The van der Waals surface area contributed by atoms with E-state index in [-0.39, 0.29) is 11.9 Å². The topological polar surface area (TPSA) is 64.7 Å². The van der Waals surface area contributed by atoms with Gasteiger partial charge < -0.3 is 9.88 Å². The van der Waals surface area contributed by atoms with Crippen molar-refractivity contribution < 1.29 is 4.79 Å². The smallest absolute Gasteiger partial charge is 0.243 e. The van der Waals surface area contributed by atoms with Crippen molar-refractivity contribution in [3.63, 3.8) is 0 Å². The third-order valence-corrected chi connectivity index (χ3v) is 4.46. The van der Waals surface area contributed by atoms with Crippen molar-refractivity contribution >= 4 is 16.9 Å². The second-order valence-corrected chi connectivity index (χ2v) is 6.11. The van der Waals surface area contributed by atoms with Crippen LogP contribution in [0.5, 0.6) is 0 Å². The summed E-state index contributed by atoms with van der Waals surface area (Å²) in [5, 5.41) is 3.00. The predicted molar refractivity (Wildman–Crippen MR) is 99.9 cm³/mol. The van der Waals surface area contributed by atoms with E-state index in [1.165, 1.54) is 0 Å². The molecule has 1 unspecified atom stereocenters. The molecule has 3 heterocycles. The van der Waals surface area contributed by atoms with Gasteiger partial charge >= 0.3 is 0 Å². The zero-order valence-corrected chi connectivity index (χ0v) is 14.4. The van der Waals surface area contributed by atoms with E-state index >= 15 is 0 Å². The summed E-state index contributed by atoms with van der Waals surface area (Å²) in [5.41, 5.74) is 2.83. The maximum atomic E-state index is 12.5. The molecule has 0 saturated carbocycles. The minimum atomic E-state index is -0.265. The first-order chi connectivity index (χ1) is 12.7. The van der Waals surface area contributed by atoms with Gasteiger partial charge in [0.05, 0.1) is 11.0 Å². The number of hydrogen-bond acceptors (Lipinski definition) is 3. The minimum absolute atomic E-state index is 0.0357. The molecule has 6 nitrogen and oxygen atoms in total. The van der Waals surface area contributed by atoms with E-state index in [1.54, 1.807) is 12.5 Å². The van der Waals surface area contributed by atoms with Gasteiger partial charge in [-0.3, -0.25) is 9.36 Å². The zero-order chi connectivity index (χ0) is 17.9. The van der Waals surface area contributed by atoms with Gasteiger partial charge in [0.1, 0.15) is 18.2 Å². The molecular formula is C20H19N5O. The molecule has 0 aliphatic rings. The Labute approximate surface area is 151 Å². The van der Waals surface area contributed by atoms with E-state index in [0.29, 0.717) is 6.54 Å². The first-order valence-electron chi connectivity index (χ1n) is 8.50. The highest BCUT2D eigenvalue weighted by Gasteiger charge is 2.15. The molecule has 1 amide bonds. The van der Waals surface area contributed by atoms with Crippen molar-refractivity contribution in [1.82, 2.24) is 24.4 Å². The number of amides is 1. The van der Waals surface area contributed by atoms with Gasteiger partial charge in [-0.25, -0.2) is 9.97 Å². The third-order valence-electron chi connectivity index (χ3n) is 4.46. The summed E-state index contributed by atoms with van der Waals surface area (Å²) in [7, 11) is 0. The lowest BCUT2D eigenvalue weighted by Crippen LogP contribution is -2.30. The van der Waals surface area contributed by atoms with Crippen molar-refractivity contribution in [1.29, 1.82) is 0 Å². The molecule has 26 heavy (non-hydrogen) atoms. The lowest BCUT2D eigenvalue weighted by molar-refractivity contribution is -0.124. The van der Waals surface area contributed by atoms with Gasteiger partial charge in [-0.05, 0) is 37.3 Å². The molecule has 0 fully saturated rings. The normalized spacial score (nSPS) is 12.2. The number of rotatable bonds is 5. The van der Waals surface area contributed by atoms with E-state index in [9.17, 15) is 4.79 Å². The summed E-state index contributed by atoms with van der Waals surface area (Å²) >= 11 is 0. The monoisotopic (exact) mass is 345 g/mol. The number of nitrogens with zero attached hydrogens (tertiary/aromatic N) is 4. The molecule has 130 valence electrons. The van der Waals surface area contributed by atoms with Gasteiger partial charge in [0.2, 0.25) is 5.91 Å².